The van der Waals surface area contributed by atoms with Crippen LogP contribution < -0.4 is 5.32 Å². The number of nitrogens with one attached hydrogen (secondary N) is 1. The van der Waals surface area contributed by atoms with Gasteiger partial charge in [-0.2, -0.15) is 0 Å². The molecule has 0 aliphatic carbocycles. The van der Waals surface area contributed by atoms with Crippen LogP contribution in [0.2, 0.25) is 0 Å². The minimum Gasteiger partial charge on any atom is -0.331 e. The summed E-state index contributed by atoms with van der Waals surface area (Å²) in [5, 5.41) is 3.50. The number of carbonyl (C=O) groups is 1. The Balaban J connectivity index is 1.72. The zero-order valence-electron chi connectivity index (χ0n) is 14.2. The number of nitrogens with zero attached hydrogens (tertiary/aromatic N) is 2. The summed E-state index contributed by atoms with van der Waals surface area (Å²) in [5.74, 6) is 1.13. The molecule has 2 aliphatic heterocycles. The average Bonchev–Trinajstić information content (AvgIpc) is 3.16. The van der Waals surface area contributed by atoms with Crippen LogP contribution >= 0.6 is 0 Å². The Kier molecular flexibility index (Phi) is 3.85. The van der Waals surface area contributed by atoms with Crippen molar-refractivity contribution in [2.24, 2.45) is 11.8 Å². The van der Waals surface area contributed by atoms with Crippen LogP contribution in [0.25, 0.3) is 0 Å². The van der Waals surface area contributed by atoms with Gasteiger partial charge in [-0.05, 0) is 43.0 Å². The zero-order valence-corrected chi connectivity index (χ0v) is 14.2. The monoisotopic (exact) mass is 321 g/mol. The minimum atomic E-state index is 0.102. The van der Waals surface area contributed by atoms with E-state index in [1.54, 1.807) is 6.20 Å². The number of aryl methyl sites for hydroxylation is 2. The molecule has 0 radical (unpaired) electrons. The maximum absolute atomic E-state index is 13.1. The number of pyridine rings is 1. The fraction of sp³-hybridized carbons (Fsp3) is 0.400. The first-order valence-corrected chi connectivity index (χ1v) is 8.65. The van der Waals surface area contributed by atoms with E-state index < -0.39 is 0 Å². The summed E-state index contributed by atoms with van der Waals surface area (Å²) in [4.78, 5) is 19.5. The topological polar surface area (TPSA) is 45.2 Å². The van der Waals surface area contributed by atoms with Crippen LogP contribution in [0.3, 0.4) is 0 Å². The lowest BCUT2D eigenvalue weighted by atomic mass is 9.87. The van der Waals surface area contributed by atoms with E-state index in [4.69, 9.17) is 0 Å². The summed E-state index contributed by atoms with van der Waals surface area (Å²) in [7, 11) is 0. The number of carbonyl (C=O) groups excluding carboxylic acids is 1. The third-order valence-electron chi connectivity index (χ3n) is 5.49. The highest BCUT2D eigenvalue weighted by molar-refractivity contribution is 5.94. The van der Waals surface area contributed by atoms with Crippen molar-refractivity contribution in [3.05, 3.63) is 65.0 Å². The summed E-state index contributed by atoms with van der Waals surface area (Å²) in [5.41, 5.74) is 4.16. The van der Waals surface area contributed by atoms with Gasteiger partial charge in [0, 0.05) is 37.4 Å². The van der Waals surface area contributed by atoms with Crippen LogP contribution in [0.1, 0.15) is 33.2 Å². The molecule has 1 N–H and O–H groups in total. The summed E-state index contributed by atoms with van der Waals surface area (Å²) in [6.07, 6.45) is 1.71. The predicted octanol–water partition coefficient (Wildman–Crippen LogP) is 2.73. The second kappa shape index (κ2) is 6.02. The molecule has 4 heteroatoms. The minimum absolute atomic E-state index is 0.102. The molecule has 4 nitrogen and oxygen atoms in total. The Bertz CT molecular complexity index is 756. The normalized spacial score (nSPS) is 25.8. The van der Waals surface area contributed by atoms with Gasteiger partial charge >= 0.3 is 0 Å². The summed E-state index contributed by atoms with van der Waals surface area (Å²) in [6, 6.07) is 12.4. The lowest BCUT2D eigenvalue weighted by Crippen LogP contribution is -2.35. The first-order chi connectivity index (χ1) is 11.6. The number of likely N-dealkylation sites (tertiary alicyclic amines) is 1. The van der Waals surface area contributed by atoms with Gasteiger partial charge in [0.1, 0.15) is 0 Å². The predicted molar refractivity (Wildman–Crippen MR) is 93.8 cm³/mol. The summed E-state index contributed by atoms with van der Waals surface area (Å²) in [6.45, 7) is 6.89. The number of rotatable bonds is 2. The van der Waals surface area contributed by atoms with Gasteiger partial charge in [0.25, 0.3) is 5.91 Å². The molecule has 124 valence electrons. The van der Waals surface area contributed by atoms with Crippen LogP contribution in [0.4, 0.5) is 0 Å². The SMILES string of the molecule is Cc1ccc(C(=O)N2C[C@@H]3CNC[C@@H]3[C@H]2c2ccccc2C)cn1. The Hall–Kier alpha value is -2.20. The molecule has 0 unspecified atom stereocenters. The molecule has 1 amide bonds. The number of hydrogen-bond donors (Lipinski definition) is 1. The van der Waals surface area contributed by atoms with Gasteiger partial charge in [-0.3, -0.25) is 9.78 Å². The molecule has 2 aliphatic rings. The standard InChI is InChI=1S/C20H23N3O/c1-13-5-3-4-6-17(13)19-18-11-21-9-16(18)12-23(19)20(24)15-8-7-14(2)22-10-15/h3-8,10,16,18-19,21H,9,11-12H2,1-2H3/t16-,18-,19+/m0/s1. The molecular formula is C20H23N3O. The lowest BCUT2D eigenvalue weighted by molar-refractivity contribution is 0.0713. The van der Waals surface area contributed by atoms with Gasteiger partial charge in [-0.15, -0.1) is 0 Å². The van der Waals surface area contributed by atoms with Crippen molar-refractivity contribution in [3.63, 3.8) is 0 Å². The largest absolute Gasteiger partial charge is 0.331 e. The summed E-state index contributed by atoms with van der Waals surface area (Å²) < 4.78 is 0. The highest BCUT2D eigenvalue weighted by atomic mass is 16.2. The first-order valence-electron chi connectivity index (χ1n) is 8.65. The van der Waals surface area contributed by atoms with Crippen molar-refractivity contribution >= 4 is 5.91 Å². The van der Waals surface area contributed by atoms with Crippen molar-refractivity contribution in [1.82, 2.24) is 15.2 Å². The van der Waals surface area contributed by atoms with Gasteiger partial charge in [0.05, 0.1) is 11.6 Å². The quantitative estimate of drug-likeness (QED) is 0.925. The molecule has 2 saturated heterocycles. The molecule has 0 saturated carbocycles. The molecule has 1 aromatic carbocycles. The number of aromatic nitrogens is 1. The van der Waals surface area contributed by atoms with Crippen molar-refractivity contribution in [2.75, 3.05) is 19.6 Å². The van der Waals surface area contributed by atoms with Gasteiger partial charge in [0.15, 0.2) is 0 Å². The van der Waals surface area contributed by atoms with Crippen LogP contribution in [0.5, 0.6) is 0 Å². The average molecular weight is 321 g/mol. The number of hydrogen-bond acceptors (Lipinski definition) is 3. The van der Waals surface area contributed by atoms with E-state index in [1.807, 2.05) is 19.1 Å². The molecule has 0 spiro atoms. The Morgan fingerprint density at radius 1 is 1.17 bits per heavy atom. The van der Waals surface area contributed by atoms with Crippen molar-refractivity contribution in [3.8, 4) is 0 Å². The van der Waals surface area contributed by atoms with E-state index in [2.05, 4.69) is 46.4 Å². The van der Waals surface area contributed by atoms with Crippen LogP contribution in [-0.2, 0) is 0 Å². The fourth-order valence-corrected chi connectivity index (χ4v) is 4.21. The maximum atomic E-state index is 13.1. The van der Waals surface area contributed by atoms with Crippen molar-refractivity contribution < 1.29 is 4.79 Å². The van der Waals surface area contributed by atoms with Crippen molar-refractivity contribution in [2.45, 2.75) is 19.9 Å². The molecule has 2 aromatic rings. The third kappa shape index (κ3) is 2.51. The van der Waals surface area contributed by atoms with E-state index >= 15 is 0 Å². The molecule has 3 heterocycles. The molecule has 4 rings (SSSR count). The van der Waals surface area contributed by atoms with E-state index in [9.17, 15) is 4.79 Å². The second-order valence-electron chi connectivity index (χ2n) is 7.03. The van der Waals surface area contributed by atoms with Gasteiger partial charge < -0.3 is 10.2 Å². The highest BCUT2D eigenvalue weighted by Crippen LogP contribution is 2.44. The van der Waals surface area contributed by atoms with E-state index in [1.165, 1.54) is 11.1 Å². The Morgan fingerprint density at radius 3 is 2.75 bits per heavy atom. The van der Waals surface area contributed by atoms with Gasteiger partial charge in [-0.1, -0.05) is 24.3 Å². The van der Waals surface area contributed by atoms with E-state index in [-0.39, 0.29) is 11.9 Å². The maximum Gasteiger partial charge on any atom is 0.255 e. The zero-order chi connectivity index (χ0) is 16.7. The molecule has 0 bridgehead atoms. The number of amides is 1. The molecular weight excluding hydrogens is 298 g/mol. The van der Waals surface area contributed by atoms with Gasteiger partial charge in [-0.25, -0.2) is 0 Å². The number of benzene rings is 1. The van der Waals surface area contributed by atoms with Crippen LogP contribution in [0, 0.1) is 25.7 Å². The second-order valence-corrected chi connectivity index (χ2v) is 7.03. The van der Waals surface area contributed by atoms with Gasteiger partial charge in [0.2, 0.25) is 0 Å². The molecule has 2 fully saturated rings. The highest BCUT2D eigenvalue weighted by Gasteiger charge is 2.47. The Morgan fingerprint density at radius 2 is 2.00 bits per heavy atom. The van der Waals surface area contributed by atoms with Crippen LogP contribution in [0.15, 0.2) is 42.6 Å². The van der Waals surface area contributed by atoms with Crippen molar-refractivity contribution in [1.29, 1.82) is 0 Å². The third-order valence-corrected chi connectivity index (χ3v) is 5.49. The number of fused-ring (bicyclic) bond motifs is 1. The van der Waals surface area contributed by atoms with Crippen LogP contribution in [-0.4, -0.2) is 35.4 Å². The van der Waals surface area contributed by atoms with E-state index in [0.29, 0.717) is 17.4 Å². The molecule has 3 atom stereocenters. The Labute approximate surface area is 142 Å². The van der Waals surface area contributed by atoms with E-state index in [0.717, 1.165) is 25.3 Å². The molecule has 1 aromatic heterocycles. The lowest BCUT2D eigenvalue weighted by Gasteiger charge is -2.29. The first kappa shape index (κ1) is 15.3. The smallest absolute Gasteiger partial charge is 0.255 e. The molecule has 24 heavy (non-hydrogen) atoms. The summed E-state index contributed by atoms with van der Waals surface area (Å²) >= 11 is 0. The fourth-order valence-electron chi connectivity index (χ4n) is 4.21.